The van der Waals surface area contributed by atoms with Crippen molar-refractivity contribution in [3.8, 4) is 0 Å². The van der Waals surface area contributed by atoms with Crippen LogP contribution in [0, 0.1) is 0 Å². The first-order valence-electron chi connectivity index (χ1n) is 13.8. The number of benzene rings is 2. The van der Waals surface area contributed by atoms with Crippen LogP contribution in [0.4, 0.5) is 26.3 Å². The van der Waals surface area contributed by atoms with Crippen molar-refractivity contribution >= 4 is 0 Å². The average molecular weight is 601 g/mol. The summed E-state index contributed by atoms with van der Waals surface area (Å²) in [7, 11) is 0. The minimum Gasteiger partial charge on any atom is -0.373 e. The van der Waals surface area contributed by atoms with E-state index in [1.165, 1.54) is 6.92 Å². The monoisotopic (exact) mass is 600 g/mol. The second kappa shape index (κ2) is 13.0. The molecule has 0 bridgehead atoms. The number of ether oxygens (including phenoxy) is 2. The lowest BCUT2D eigenvalue weighted by Gasteiger charge is -2.42. The summed E-state index contributed by atoms with van der Waals surface area (Å²) >= 11 is 0. The molecule has 230 valence electrons. The Morgan fingerprint density at radius 1 is 1.07 bits per heavy atom. The first kappa shape index (κ1) is 31.8. The normalized spacial score (nSPS) is 20.5. The Morgan fingerprint density at radius 3 is 2.31 bits per heavy atom. The molecule has 2 N–H and O–H groups in total. The van der Waals surface area contributed by atoms with Crippen LogP contribution in [0.5, 0.6) is 0 Å². The topological polar surface area (TPSA) is 81.2 Å². The number of halogens is 6. The van der Waals surface area contributed by atoms with Gasteiger partial charge in [0.15, 0.2) is 5.82 Å². The van der Waals surface area contributed by atoms with Crippen molar-refractivity contribution in [3.63, 3.8) is 0 Å². The highest BCUT2D eigenvalue weighted by atomic mass is 19.4. The van der Waals surface area contributed by atoms with E-state index in [1.54, 1.807) is 4.57 Å². The van der Waals surface area contributed by atoms with Crippen LogP contribution in [0.15, 0.2) is 53.3 Å². The summed E-state index contributed by atoms with van der Waals surface area (Å²) in [5, 5.41) is 10.1. The van der Waals surface area contributed by atoms with Crippen molar-refractivity contribution in [3.05, 3.63) is 87.1 Å². The number of aromatic amines is 1. The molecular formula is C29H34F6N4O3. The zero-order chi connectivity index (χ0) is 30.5. The van der Waals surface area contributed by atoms with Gasteiger partial charge in [-0.05, 0) is 55.5 Å². The van der Waals surface area contributed by atoms with Gasteiger partial charge in [0.25, 0.3) is 0 Å². The molecule has 4 rings (SSSR count). The van der Waals surface area contributed by atoms with E-state index in [-0.39, 0.29) is 36.6 Å². The third-order valence-corrected chi connectivity index (χ3v) is 7.58. The van der Waals surface area contributed by atoms with Gasteiger partial charge in [-0.15, -0.1) is 0 Å². The Hall–Kier alpha value is -3.16. The molecule has 0 unspecified atom stereocenters. The van der Waals surface area contributed by atoms with Crippen LogP contribution in [0.3, 0.4) is 0 Å². The van der Waals surface area contributed by atoms with E-state index in [2.05, 4.69) is 15.5 Å². The second-order valence-electron chi connectivity index (χ2n) is 10.5. The molecule has 3 atom stereocenters. The molecule has 13 heteroatoms. The van der Waals surface area contributed by atoms with Crippen molar-refractivity contribution in [2.24, 2.45) is 0 Å². The minimum absolute atomic E-state index is 0.0320. The van der Waals surface area contributed by atoms with Gasteiger partial charge in [0, 0.05) is 13.2 Å². The van der Waals surface area contributed by atoms with Gasteiger partial charge in [0.2, 0.25) is 0 Å². The number of nitrogens with one attached hydrogen (secondary N) is 2. The minimum atomic E-state index is -4.95. The number of aromatic nitrogens is 3. The van der Waals surface area contributed by atoms with Gasteiger partial charge < -0.3 is 14.8 Å². The Balaban J connectivity index is 1.54. The molecule has 42 heavy (non-hydrogen) atoms. The summed E-state index contributed by atoms with van der Waals surface area (Å²) in [6.45, 7) is 4.51. The molecule has 0 amide bonds. The largest absolute Gasteiger partial charge is 0.416 e. The second-order valence-corrected chi connectivity index (χ2v) is 10.5. The molecule has 0 spiro atoms. The van der Waals surface area contributed by atoms with E-state index in [0.29, 0.717) is 44.0 Å². The number of H-pyrrole nitrogens is 1. The number of hydrogen-bond donors (Lipinski definition) is 2. The van der Waals surface area contributed by atoms with Crippen LogP contribution in [0.1, 0.15) is 79.8 Å². The summed E-state index contributed by atoms with van der Waals surface area (Å²) in [6, 6.07) is 10.5. The summed E-state index contributed by atoms with van der Waals surface area (Å²) in [6.07, 6.45) is -8.12. The number of nitrogens with zero attached hydrogens (tertiary/aromatic N) is 2. The number of piperidine rings is 1. The summed E-state index contributed by atoms with van der Waals surface area (Å²) in [5.41, 5.74) is -3.33. The number of hydrogen-bond acceptors (Lipinski definition) is 5. The molecule has 1 aliphatic rings. The Labute approximate surface area is 239 Å². The van der Waals surface area contributed by atoms with Crippen LogP contribution in [0.25, 0.3) is 0 Å². The lowest BCUT2D eigenvalue weighted by atomic mass is 9.81. The molecule has 2 aromatic carbocycles. The number of rotatable bonds is 11. The Bertz CT molecular complexity index is 1330. The molecule has 7 nitrogen and oxygen atoms in total. The maximum Gasteiger partial charge on any atom is 0.416 e. The van der Waals surface area contributed by atoms with E-state index < -0.39 is 35.1 Å². The van der Waals surface area contributed by atoms with Crippen LogP contribution in [-0.4, -0.2) is 34.5 Å². The predicted molar refractivity (Wildman–Crippen MR) is 143 cm³/mol. The van der Waals surface area contributed by atoms with Gasteiger partial charge in [0.1, 0.15) is 6.61 Å². The zero-order valence-corrected chi connectivity index (χ0v) is 23.3. The fourth-order valence-corrected chi connectivity index (χ4v) is 5.15. The van der Waals surface area contributed by atoms with E-state index in [0.717, 1.165) is 18.4 Å². The highest BCUT2D eigenvalue weighted by molar-refractivity contribution is 5.35. The van der Waals surface area contributed by atoms with Crippen molar-refractivity contribution in [2.45, 2.75) is 76.2 Å². The molecule has 3 aromatic rings. The van der Waals surface area contributed by atoms with Crippen molar-refractivity contribution in [1.29, 1.82) is 0 Å². The van der Waals surface area contributed by atoms with Gasteiger partial charge >= 0.3 is 18.0 Å². The lowest BCUT2D eigenvalue weighted by Crippen LogP contribution is -2.53. The van der Waals surface area contributed by atoms with Crippen LogP contribution in [0.2, 0.25) is 0 Å². The van der Waals surface area contributed by atoms with Crippen LogP contribution < -0.4 is 11.0 Å². The van der Waals surface area contributed by atoms with Gasteiger partial charge in [-0.1, -0.05) is 43.7 Å². The molecule has 1 saturated heterocycles. The van der Waals surface area contributed by atoms with Gasteiger partial charge in [-0.3, -0.25) is 4.57 Å². The summed E-state index contributed by atoms with van der Waals surface area (Å²) in [5.74, 6) is 0.477. The maximum absolute atomic E-state index is 13.4. The molecule has 1 fully saturated rings. The van der Waals surface area contributed by atoms with Gasteiger partial charge in [-0.25, -0.2) is 9.89 Å². The summed E-state index contributed by atoms with van der Waals surface area (Å²) in [4.78, 5) is 12.6. The molecular weight excluding hydrogens is 566 g/mol. The third kappa shape index (κ3) is 7.42. The smallest absolute Gasteiger partial charge is 0.373 e. The number of alkyl halides is 6. The molecule has 2 heterocycles. The number of unbranched alkanes of at least 4 members (excludes halogenated alkanes) is 1. The van der Waals surface area contributed by atoms with Gasteiger partial charge in [-0.2, -0.15) is 31.4 Å². The molecule has 1 aromatic heterocycles. The predicted octanol–water partition coefficient (Wildman–Crippen LogP) is 6.52. The molecule has 0 saturated carbocycles. The third-order valence-electron chi connectivity index (χ3n) is 7.58. The fraction of sp³-hybridized carbons (Fsp3) is 0.517. The first-order chi connectivity index (χ1) is 19.8. The Morgan fingerprint density at radius 2 is 1.74 bits per heavy atom. The van der Waals surface area contributed by atoms with E-state index in [4.69, 9.17) is 9.47 Å². The van der Waals surface area contributed by atoms with Crippen LogP contribution >= 0.6 is 0 Å². The van der Waals surface area contributed by atoms with Crippen molar-refractivity contribution in [2.75, 3.05) is 19.8 Å². The highest BCUT2D eigenvalue weighted by Crippen LogP contribution is 2.39. The maximum atomic E-state index is 13.4. The SMILES string of the molecule is CCCCOCc1n[nH]c(=O)n1[C@H]1CC[C@@](CO[C@H](C)c2cc(C(F)(F)F)cc(C(F)(F)F)c2)(c2ccccc2)NC1. The van der Waals surface area contributed by atoms with Gasteiger partial charge in [0.05, 0.1) is 35.4 Å². The molecule has 0 aliphatic carbocycles. The van der Waals surface area contributed by atoms with Crippen molar-refractivity contribution in [1.82, 2.24) is 20.1 Å². The first-order valence-corrected chi connectivity index (χ1v) is 13.8. The lowest BCUT2D eigenvalue weighted by molar-refractivity contribution is -0.143. The zero-order valence-electron chi connectivity index (χ0n) is 23.3. The molecule has 1 aliphatic heterocycles. The van der Waals surface area contributed by atoms with Crippen LogP contribution in [-0.2, 0) is 34.0 Å². The van der Waals surface area contributed by atoms with E-state index >= 15 is 0 Å². The molecule has 0 radical (unpaired) electrons. The highest BCUT2D eigenvalue weighted by Gasteiger charge is 2.40. The average Bonchev–Trinajstić information content (AvgIpc) is 3.33. The quantitative estimate of drug-likeness (QED) is 0.193. The van der Waals surface area contributed by atoms with E-state index in [1.807, 2.05) is 37.3 Å². The van der Waals surface area contributed by atoms with E-state index in [9.17, 15) is 31.1 Å². The standard InChI is InChI=1S/C29H34F6N4O3/c1-3-4-12-41-17-25-37-38-26(40)39(25)24-10-11-27(36-16-24,21-8-6-5-7-9-21)18-42-19(2)20-13-22(28(30,31)32)15-23(14-20)29(33,34)35/h5-9,13-15,19,24,36H,3-4,10-12,16-18H2,1-2H3,(H,38,40)/t19-,24+,27-/m1/s1. The fourth-order valence-electron chi connectivity index (χ4n) is 5.15. The summed E-state index contributed by atoms with van der Waals surface area (Å²) < 4.78 is 93.7. The van der Waals surface area contributed by atoms with Crippen molar-refractivity contribution < 1.29 is 35.8 Å². The Kier molecular flexibility index (Phi) is 9.84.